The van der Waals surface area contributed by atoms with Gasteiger partial charge in [-0.05, 0) is 43.2 Å². The first kappa shape index (κ1) is 14.6. The Balaban J connectivity index is 1.90. The number of hydrogen-bond acceptors (Lipinski definition) is 3. The second-order valence-electron chi connectivity index (χ2n) is 5.38. The van der Waals surface area contributed by atoms with E-state index in [-0.39, 0.29) is 6.61 Å². The molecule has 22 heavy (non-hydrogen) atoms. The quantitative estimate of drug-likeness (QED) is 0.786. The molecule has 0 atom stereocenters. The van der Waals surface area contributed by atoms with Crippen molar-refractivity contribution in [3.05, 3.63) is 59.4 Å². The molecule has 114 valence electrons. The van der Waals surface area contributed by atoms with Gasteiger partial charge in [-0.1, -0.05) is 24.3 Å². The average Bonchev–Trinajstić information content (AvgIpc) is 2.87. The fourth-order valence-corrected chi connectivity index (χ4v) is 2.61. The van der Waals surface area contributed by atoms with E-state index in [0.717, 1.165) is 28.2 Å². The highest BCUT2D eigenvalue weighted by atomic mass is 16.5. The molecule has 0 radical (unpaired) electrons. The van der Waals surface area contributed by atoms with Crippen molar-refractivity contribution in [2.75, 3.05) is 6.61 Å². The molecule has 4 nitrogen and oxygen atoms in total. The van der Waals surface area contributed by atoms with Crippen molar-refractivity contribution in [2.24, 2.45) is 0 Å². The van der Waals surface area contributed by atoms with Crippen molar-refractivity contribution in [2.45, 2.75) is 27.0 Å². The third-order valence-corrected chi connectivity index (χ3v) is 3.97. The van der Waals surface area contributed by atoms with E-state index < -0.39 is 0 Å². The third kappa shape index (κ3) is 2.70. The van der Waals surface area contributed by atoms with Gasteiger partial charge < -0.3 is 14.4 Å². The molecule has 0 spiro atoms. The highest BCUT2D eigenvalue weighted by molar-refractivity contribution is 5.75. The maximum absolute atomic E-state index is 9.30. The number of nitrogens with zero attached hydrogens (tertiary/aromatic N) is 2. The molecule has 3 aromatic rings. The SMILES string of the molecule is Cc1cccc(OCc2nc3ccccc3n2CCO)c1C. The number of hydrogen-bond donors (Lipinski definition) is 1. The fourth-order valence-electron chi connectivity index (χ4n) is 2.61. The van der Waals surface area contributed by atoms with Gasteiger partial charge in [-0.3, -0.25) is 0 Å². The molecule has 3 rings (SSSR count). The van der Waals surface area contributed by atoms with Gasteiger partial charge in [0.2, 0.25) is 0 Å². The lowest BCUT2D eigenvalue weighted by molar-refractivity contribution is 0.259. The van der Waals surface area contributed by atoms with Crippen LogP contribution in [-0.2, 0) is 13.2 Å². The molecule has 0 saturated heterocycles. The second kappa shape index (κ2) is 6.20. The lowest BCUT2D eigenvalue weighted by atomic mass is 10.1. The summed E-state index contributed by atoms with van der Waals surface area (Å²) in [5.74, 6) is 1.71. The topological polar surface area (TPSA) is 47.3 Å². The number of aliphatic hydroxyl groups excluding tert-OH is 1. The van der Waals surface area contributed by atoms with Crippen LogP contribution in [0.2, 0.25) is 0 Å². The molecule has 1 aromatic heterocycles. The Morgan fingerprint density at radius 3 is 2.73 bits per heavy atom. The third-order valence-electron chi connectivity index (χ3n) is 3.97. The van der Waals surface area contributed by atoms with E-state index in [1.807, 2.05) is 41.0 Å². The van der Waals surface area contributed by atoms with Gasteiger partial charge in [-0.25, -0.2) is 4.98 Å². The maximum Gasteiger partial charge on any atom is 0.148 e. The van der Waals surface area contributed by atoms with Crippen LogP contribution in [0.3, 0.4) is 0 Å². The normalized spacial score (nSPS) is 11.0. The van der Waals surface area contributed by atoms with Gasteiger partial charge in [0.15, 0.2) is 0 Å². The summed E-state index contributed by atoms with van der Waals surface area (Å²) in [5, 5.41) is 9.30. The number of aryl methyl sites for hydroxylation is 1. The largest absolute Gasteiger partial charge is 0.485 e. The number of ether oxygens (including phenoxy) is 1. The molecular weight excluding hydrogens is 276 g/mol. The zero-order chi connectivity index (χ0) is 15.5. The lowest BCUT2D eigenvalue weighted by Crippen LogP contribution is -2.10. The molecule has 4 heteroatoms. The van der Waals surface area contributed by atoms with E-state index in [9.17, 15) is 5.11 Å². The summed E-state index contributed by atoms with van der Waals surface area (Å²) in [4.78, 5) is 4.63. The molecule has 1 N–H and O–H groups in total. The Hall–Kier alpha value is -2.33. The van der Waals surface area contributed by atoms with Crippen LogP contribution in [0, 0.1) is 13.8 Å². The van der Waals surface area contributed by atoms with Crippen LogP contribution in [-0.4, -0.2) is 21.3 Å². The molecule has 0 saturated carbocycles. The zero-order valence-electron chi connectivity index (χ0n) is 12.9. The average molecular weight is 296 g/mol. The zero-order valence-corrected chi connectivity index (χ0v) is 12.9. The first-order chi connectivity index (χ1) is 10.7. The molecule has 0 aliphatic heterocycles. The lowest BCUT2D eigenvalue weighted by Gasteiger charge is -2.12. The number of aliphatic hydroxyl groups is 1. The van der Waals surface area contributed by atoms with Gasteiger partial charge in [-0.2, -0.15) is 0 Å². The predicted octanol–water partition coefficient (Wildman–Crippen LogP) is 3.22. The van der Waals surface area contributed by atoms with E-state index in [2.05, 4.69) is 24.9 Å². The number of para-hydroxylation sites is 2. The number of imidazole rings is 1. The van der Waals surface area contributed by atoms with Crippen molar-refractivity contribution >= 4 is 11.0 Å². The van der Waals surface area contributed by atoms with Crippen molar-refractivity contribution < 1.29 is 9.84 Å². The van der Waals surface area contributed by atoms with Crippen LogP contribution in [0.1, 0.15) is 17.0 Å². The van der Waals surface area contributed by atoms with E-state index in [4.69, 9.17) is 4.74 Å². The van der Waals surface area contributed by atoms with Crippen molar-refractivity contribution in [1.82, 2.24) is 9.55 Å². The summed E-state index contributed by atoms with van der Waals surface area (Å²) in [6, 6.07) is 14.0. The second-order valence-corrected chi connectivity index (χ2v) is 5.38. The number of aromatic nitrogens is 2. The van der Waals surface area contributed by atoms with Crippen LogP contribution in [0.5, 0.6) is 5.75 Å². The van der Waals surface area contributed by atoms with Gasteiger partial charge in [-0.15, -0.1) is 0 Å². The molecule has 0 bridgehead atoms. The Labute approximate surface area is 130 Å². The van der Waals surface area contributed by atoms with Crippen LogP contribution in [0.4, 0.5) is 0 Å². The van der Waals surface area contributed by atoms with Crippen molar-refractivity contribution in [3.63, 3.8) is 0 Å². The summed E-state index contributed by atoms with van der Waals surface area (Å²) >= 11 is 0. The summed E-state index contributed by atoms with van der Waals surface area (Å²) in [6.45, 7) is 5.12. The molecule has 0 aliphatic rings. The van der Waals surface area contributed by atoms with Crippen molar-refractivity contribution in [3.8, 4) is 5.75 Å². The van der Waals surface area contributed by atoms with Gasteiger partial charge in [0.1, 0.15) is 18.2 Å². The van der Waals surface area contributed by atoms with Crippen LogP contribution < -0.4 is 4.74 Å². The molecule has 0 fully saturated rings. The molecule has 0 aliphatic carbocycles. The monoisotopic (exact) mass is 296 g/mol. The molecule has 0 amide bonds. The van der Waals surface area contributed by atoms with Gasteiger partial charge >= 0.3 is 0 Å². The standard InChI is InChI=1S/C18H20N2O2/c1-13-6-5-9-17(14(13)2)22-12-18-19-15-7-3-4-8-16(15)20(18)10-11-21/h3-9,21H,10-12H2,1-2H3. The minimum atomic E-state index is 0.0802. The van der Waals surface area contributed by atoms with E-state index in [0.29, 0.717) is 13.2 Å². The first-order valence-corrected chi connectivity index (χ1v) is 7.44. The Kier molecular flexibility index (Phi) is 4.11. The van der Waals surface area contributed by atoms with Crippen LogP contribution in [0.15, 0.2) is 42.5 Å². The summed E-state index contributed by atoms with van der Waals surface area (Å²) in [7, 11) is 0. The van der Waals surface area contributed by atoms with E-state index >= 15 is 0 Å². The number of fused-ring (bicyclic) bond motifs is 1. The Morgan fingerprint density at radius 1 is 1.09 bits per heavy atom. The van der Waals surface area contributed by atoms with E-state index in [1.165, 1.54) is 5.56 Å². The number of rotatable bonds is 5. The Bertz CT molecular complexity index is 793. The molecule has 1 heterocycles. The minimum absolute atomic E-state index is 0.0802. The Morgan fingerprint density at radius 2 is 1.91 bits per heavy atom. The summed E-state index contributed by atoms with van der Waals surface area (Å²) in [6.07, 6.45) is 0. The summed E-state index contributed by atoms with van der Waals surface area (Å²) < 4.78 is 7.97. The predicted molar refractivity (Wildman–Crippen MR) is 87.1 cm³/mol. The maximum atomic E-state index is 9.30. The highest BCUT2D eigenvalue weighted by Gasteiger charge is 2.11. The molecule has 2 aromatic carbocycles. The minimum Gasteiger partial charge on any atom is -0.485 e. The van der Waals surface area contributed by atoms with Gasteiger partial charge in [0.05, 0.1) is 17.6 Å². The highest BCUT2D eigenvalue weighted by Crippen LogP contribution is 2.23. The molecule has 0 unspecified atom stereocenters. The van der Waals surface area contributed by atoms with Crippen molar-refractivity contribution in [1.29, 1.82) is 0 Å². The summed E-state index contributed by atoms with van der Waals surface area (Å²) in [5.41, 5.74) is 4.31. The first-order valence-electron chi connectivity index (χ1n) is 7.44. The number of benzene rings is 2. The van der Waals surface area contributed by atoms with E-state index in [1.54, 1.807) is 0 Å². The van der Waals surface area contributed by atoms with Gasteiger partial charge in [0, 0.05) is 6.54 Å². The molecular formula is C18H20N2O2. The smallest absolute Gasteiger partial charge is 0.148 e. The van der Waals surface area contributed by atoms with Crippen LogP contribution >= 0.6 is 0 Å². The fraction of sp³-hybridized carbons (Fsp3) is 0.278. The van der Waals surface area contributed by atoms with Crippen LogP contribution in [0.25, 0.3) is 11.0 Å². The van der Waals surface area contributed by atoms with Gasteiger partial charge in [0.25, 0.3) is 0 Å².